The van der Waals surface area contributed by atoms with Crippen LogP contribution in [0.25, 0.3) is 5.69 Å². The number of aliphatic carboxylic acids is 1. The first-order chi connectivity index (χ1) is 10.1. The van der Waals surface area contributed by atoms with Crippen molar-refractivity contribution < 1.29 is 14.7 Å². The zero-order valence-electron chi connectivity index (χ0n) is 11.8. The third-order valence-electron chi connectivity index (χ3n) is 3.11. The van der Waals surface area contributed by atoms with Gasteiger partial charge in [-0.15, -0.1) is 0 Å². The van der Waals surface area contributed by atoms with Gasteiger partial charge in [0.1, 0.15) is 0 Å². The Kier molecular flexibility index (Phi) is 4.71. The van der Waals surface area contributed by atoms with Crippen molar-refractivity contribution in [2.75, 3.05) is 13.6 Å². The van der Waals surface area contributed by atoms with Gasteiger partial charge in [0.25, 0.3) is 5.91 Å². The summed E-state index contributed by atoms with van der Waals surface area (Å²) < 4.78 is 1.71. The number of rotatable bonds is 6. The van der Waals surface area contributed by atoms with Gasteiger partial charge < -0.3 is 10.0 Å². The Hall–Kier alpha value is -2.63. The molecule has 0 aliphatic carbocycles. The molecular weight excluding hydrogens is 270 g/mol. The minimum Gasteiger partial charge on any atom is -0.481 e. The van der Waals surface area contributed by atoms with Gasteiger partial charge in [0.15, 0.2) is 0 Å². The summed E-state index contributed by atoms with van der Waals surface area (Å²) in [5, 5.41) is 12.7. The molecule has 1 N–H and O–H groups in total. The highest BCUT2D eigenvalue weighted by atomic mass is 16.4. The Labute approximate surface area is 122 Å². The fourth-order valence-corrected chi connectivity index (χ4v) is 1.97. The molecule has 0 aliphatic heterocycles. The standard InChI is InChI=1S/C15H17N3O3/c1-17(10-2-4-14(19)20)15(21)12-5-7-13(8-6-12)18-11-3-9-16-18/h3,5-9,11H,2,4,10H2,1H3,(H,19,20). The summed E-state index contributed by atoms with van der Waals surface area (Å²) in [5.41, 5.74) is 1.45. The van der Waals surface area contributed by atoms with E-state index in [2.05, 4.69) is 5.10 Å². The number of hydrogen-bond donors (Lipinski definition) is 1. The molecule has 1 amide bonds. The number of hydrogen-bond acceptors (Lipinski definition) is 3. The average molecular weight is 287 g/mol. The number of carboxylic acid groups (broad SMARTS) is 1. The Morgan fingerprint density at radius 1 is 1.29 bits per heavy atom. The number of carbonyl (C=O) groups excluding carboxylic acids is 1. The molecule has 1 aromatic carbocycles. The van der Waals surface area contributed by atoms with Crippen molar-refractivity contribution in [3.63, 3.8) is 0 Å². The molecule has 2 aromatic rings. The van der Waals surface area contributed by atoms with Crippen LogP contribution in [0.3, 0.4) is 0 Å². The molecule has 1 heterocycles. The van der Waals surface area contributed by atoms with Crippen LogP contribution in [-0.4, -0.2) is 45.3 Å². The van der Waals surface area contributed by atoms with Gasteiger partial charge in [-0.05, 0) is 36.8 Å². The maximum atomic E-state index is 12.2. The van der Waals surface area contributed by atoms with E-state index in [0.717, 1.165) is 5.69 Å². The zero-order valence-corrected chi connectivity index (χ0v) is 11.8. The Bertz CT molecular complexity index is 606. The van der Waals surface area contributed by atoms with Crippen molar-refractivity contribution in [1.29, 1.82) is 0 Å². The van der Waals surface area contributed by atoms with Gasteiger partial charge in [0.05, 0.1) is 5.69 Å². The van der Waals surface area contributed by atoms with Gasteiger partial charge >= 0.3 is 5.97 Å². The van der Waals surface area contributed by atoms with E-state index in [1.165, 1.54) is 4.90 Å². The van der Waals surface area contributed by atoms with Crippen LogP contribution in [0.2, 0.25) is 0 Å². The first-order valence-electron chi connectivity index (χ1n) is 6.65. The molecule has 0 atom stereocenters. The van der Waals surface area contributed by atoms with Crippen LogP contribution < -0.4 is 0 Å². The van der Waals surface area contributed by atoms with Crippen molar-refractivity contribution in [3.05, 3.63) is 48.3 Å². The molecule has 0 bridgehead atoms. The topological polar surface area (TPSA) is 75.4 Å². The van der Waals surface area contributed by atoms with Crippen molar-refractivity contribution in [2.24, 2.45) is 0 Å². The number of amides is 1. The molecule has 2 rings (SSSR count). The second-order valence-electron chi connectivity index (χ2n) is 4.72. The largest absolute Gasteiger partial charge is 0.481 e. The number of carbonyl (C=O) groups is 2. The minimum absolute atomic E-state index is 0.0653. The molecule has 0 unspecified atom stereocenters. The monoisotopic (exact) mass is 287 g/mol. The second-order valence-corrected chi connectivity index (χ2v) is 4.72. The second kappa shape index (κ2) is 6.69. The summed E-state index contributed by atoms with van der Waals surface area (Å²) in [6.07, 6.45) is 4.03. The SMILES string of the molecule is CN(CCCC(=O)O)C(=O)c1ccc(-n2cccn2)cc1. The smallest absolute Gasteiger partial charge is 0.303 e. The third kappa shape index (κ3) is 3.92. The van der Waals surface area contributed by atoms with E-state index in [1.807, 2.05) is 24.4 Å². The summed E-state index contributed by atoms with van der Waals surface area (Å²) in [5.74, 6) is -0.966. The Morgan fingerprint density at radius 3 is 2.57 bits per heavy atom. The molecule has 1 aromatic heterocycles. The van der Waals surface area contributed by atoms with Crippen LogP contribution in [0, 0.1) is 0 Å². The lowest BCUT2D eigenvalue weighted by Crippen LogP contribution is -2.28. The lowest BCUT2D eigenvalue weighted by molar-refractivity contribution is -0.137. The quantitative estimate of drug-likeness (QED) is 0.879. The fourth-order valence-electron chi connectivity index (χ4n) is 1.97. The highest BCUT2D eigenvalue weighted by Crippen LogP contribution is 2.10. The predicted octanol–water partition coefficient (Wildman–Crippen LogP) is 1.81. The van der Waals surface area contributed by atoms with E-state index < -0.39 is 5.97 Å². The highest BCUT2D eigenvalue weighted by Gasteiger charge is 2.12. The molecule has 6 heteroatoms. The van der Waals surface area contributed by atoms with Crippen LogP contribution in [0.4, 0.5) is 0 Å². The molecule has 0 saturated carbocycles. The first kappa shape index (κ1) is 14.8. The predicted molar refractivity (Wildman–Crippen MR) is 77.4 cm³/mol. The van der Waals surface area contributed by atoms with Crippen LogP contribution in [0.1, 0.15) is 23.2 Å². The molecule has 0 radical (unpaired) electrons. The maximum absolute atomic E-state index is 12.2. The first-order valence-corrected chi connectivity index (χ1v) is 6.65. The fraction of sp³-hybridized carbons (Fsp3) is 0.267. The molecule has 110 valence electrons. The van der Waals surface area contributed by atoms with Crippen LogP contribution >= 0.6 is 0 Å². The number of nitrogens with zero attached hydrogens (tertiary/aromatic N) is 3. The van der Waals surface area contributed by atoms with Gasteiger partial charge in [-0.25, -0.2) is 4.68 Å². The van der Waals surface area contributed by atoms with Crippen molar-refractivity contribution in [3.8, 4) is 5.69 Å². The maximum Gasteiger partial charge on any atom is 0.303 e. The summed E-state index contributed by atoms with van der Waals surface area (Å²) in [4.78, 5) is 24.2. The Balaban J connectivity index is 1.97. The van der Waals surface area contributed by atoms with Crippen LogP contribution in [0.15, 0.2) is 42.7 Å². The van der Waals surface area contributed by atoms with E-state index >= 15 is 0 Å². The molecule has 0 fully saturated rings. The van der Waals surface area contributed by atoms with Gasteiger partial charge in [0.2, 0.25) is 0 Å². The van der Waals surface area contributed by atoms with E-state index in [-0.39, 0.29) is 12.3 Å². The van der Waals surface area contributed by atoms with Gasteiger partial charge in [-0.3, -0.25) is 9.59 Å². The molecular formula is C15H17N3O3. The van der Waals surface area contributed by atoms with E-state index in [0.29, 0.717) is 18.5 Å². The van der Waals surface area contributed by atoms with Crippen molar-refractivity contribution in [1.82, 2.24) is 14.7 Å². The Morgan fingerprint density at radius 2 is 2.00 bits per heavy atom. The summed E-state index contributed by atoms with van der Waals surface area (Å²) in [6, 6.07) is 8.96. The summed E-state index contributed by atoms with van der Waals surface area (Å²) in [7, 11) is 1.67. The number of aromatic nitrogens is 2. The van der Waals surface area contributed by atoms with Crippen molar-refractivity contribution >= 4 is 11.9 Å². The number of benzene rings is 1. The molecule has 0 spiro atoms. The van der Waals surface area contributed by atoms with Gasteiger partial charge in [-0.2, -0.15) is 5.10 Å². The normalized spacial score (nSPS) is 10.3. The molecule has 21 heavy (non-hydrogen) atoms. The van der Waals surface area contributed by atoms with Gasteiger partial charge in [0, 0.05) is 38.0 Å². The third-order valence-corrected chi connectivity index (χ3v) is 3.11. The number of carboxylic acids is 1. The lowest BCUT2D eigenvalue weighted by Gasteiger charge is -2.16. The molecule has 0 saturated heterocycles. The van der Waals surface area contributed by atoms with Gasteiger partial charge in [-0.1, -0.05) is 0 Å². The van der Waals surface area contributed by atoms with Crippen LogP contribution in [0.5, 0.6) is 0 Å². The molecule has 6 nitrogen and oxygen atoms in total. The zero-order chi connectivity index (χ0) is 15.2. The minimum atomic E-state index is -0.848. The van der Waals surface area contributed by atoms with Crippen molar-refractivity contribution in [2.45, 2.75) is 12.8 Å². The lowest BCUT2D eigenvalue weighted by atomic mass is 10.1. The van der Waals surface area contributed by atoms with Crippen LogP contribution in [-0.2, 0) is 4.79 Å². The molecule has 0 aliphatic rings. The average Bonchev–Trinajstić information content (AvgIpc) is 3.00. The summed E-state index contributed by atoms with van der Waals surface area (Å²) in [6.45, 7) is 0.423. The summed E-state index contributed by atoms with van der Waals surface area (Å²) >= 11 is 0. The van der Waals surface area contributed by atoms with E-state index in [9.17, 15) is 9.59 Å². The van der Waals surface area contributed by atoms with E-state index in [4.69, 9.17) is 5.11 Å². The van der Waals surface area contributed by atoms with E-state index in [1.54, 1.807) is 30.1 Å². The highest BCUT2D eigenvalue weighted by molar-refractivity contribution is 5.94.